The molecule has 0 unspecified atom stereocenters. The van der Waals surface area contributed by atoms with Gasteiger partial charge in [-0.2, -0.15) is 5.26 Å². The van der Waals surface area contributed by atoms with Crippen molar-refractivity contribution in [2.75, 3.05) is 27.1 Å². The van der Waals surface area contributed by atoms with E-state index < -0.39 is 11.6 Å². The molecule has 148 valence electrons. The summed E-state index contributed by atoms with van der Waals surface area (Å²) in [6, 6.07) is 10.3. The van der Waals surface area contributed by atoms with E-state index in [-0.39, 0.29) is 22.5 Å². The van der Waals surface area contributed by atoms with E-state index in [1.165, 1.54) is 56.4 Å². The van der Waals surface area contributed by atoms with Crippen molar-refractivity contribution in [3.63, 3.8) is 0 Å². The molecule has 0 aliphatic rings. The summed E-state index contributed by atoms with van der Waals surface area (Å²) in [5, 5.41) is 9.40. The molecule has 8 heteroatoms. The van der Waals surface area contributed by atoms with Gasteiger partial charge < -0.3 is 24.5 Å². The van der Waals surface area contributed by atoms with Crippen molar-refractivity contribution >= 4 is 11.5 Å². The minimum Gasteiger partial charge on any atom is -0.493 e. The number of nitrogens with two attached hydrogens (primary N) is 1. The molecule has 0 aliphatic heterocycles. The minimum atomic E-state index is -0.466. The van der Waals surface area contributed by atoms with Crippen molar-refractivity contribution in [2.24, 2.45) is 0 Å². The average molecular weight is 395 g/mol. The summed E-state index contributed by atoms with van der Waals surface area (Å²) < 4.78 is 30.8. The highest BCUT2D eigenvalue weighted by Crippen LogP contribution is 2.40. The molecule has 1 heterocycles. The van der Waals surface area contributed by atoms with Crippen molar-refractivity contribution in [3.05, 3.63) is 65.2 Å². The number of ether oxygens (including phenoxy) is 3. The Balaban J connectivity index is 2.25. The van der Waals surface area contributed by atoms with Crippen LogP contribution in [0.1, 0.15) is 21.6 Å². The number of nitriles is 1. The second-order valence-electron chi connectivity index (χ2n) is 6.01. The van der Waals surface area contributed by atoms with Crippen LogP contribution in [0.15, 0.2) is 42.6 Å². The quantitative estimate of drug-likeness (QED) is 0.643. The minimum absolute atomic E-state index is 0.0237. The fourth-order valence-electron chi connectivity index (χ4n) is 2.99. The van der Waals surface area contributed by atoms with Gasteiger partial charge in [-0.05, 0) is 24.3 Å². The zero-order valence-electron chi connectivity index (χ0n) is 16.0. The normalized spacial score (nSPS) is 10.3. The molecule has 0 amide bonds. The standard InChI is InChI=1S/C21H18FN3O4/c1-27-16-8-15(9-17(28-2)21(16)29-3)25-11-13(10-23)18(24)19(25)20(26)12-4-6-14(22)7-5-12/h4-9,11H,24H2,1-3H3. The molecule has 0 aliphatic carbocycles. The molecule has 0 radical (unpaired) electrons. The van der Waals surface area contributed by atoms with Crippen LogP contribution < -0.4 is 19.9 Å². The molecule has 7 nitrogen and oxygen atoms in total. The number of anilines is 1. The number of benzene rings is 2. The molecule has 0 saturated heterocycles. The van der Waals surface area contributed by atoms with Crippen molar-refractivity contribution in [1.29, 1.82) is 5.26 Å². The molecule has 3 rings (SSSR count). The van der Waals surface area contributed by atoms with Crippen molar-refractivity contribution in [2.45, 2.75) is 0 Å². The number of rotatable bonds is 6. The van der Waals surface area contributed by atoms with Crippen LogP contribution in [0.5, 0.6) is 17.2 Å². The molecule has 2 N–H and O–H groups in total. The fourth-order valence-corrected chi connectivity index (χ4v) is 2.99. The van der Waals surface area contributed by atoms with Crippen molar-refractivity contribution < 1.29 is 23.4 Å². The topological polar surface area (TPSA) is 99.5 Å². The smallest absolute Gasteiger partial charge is 0.211 e. The number of hydrogen-bond acceptors (Lipinski definition) is 6. The van der Waals surface area contributed by atoms with E-state index >= 15 is 0 Å². The van der Waals surface area contributed by atoms with Crippen LogP contribution in [0.25, 0.3) is 5.69 Å². The maximum absolute atomic E-state index is 13.2. The summed E-state index contributed by atoms with van der Waals surface area (Å²) in [7, 11) is 4.41. The summed E-state index contributed by atoms with van der Waals surface area (Å²) in [6.07, 6.45) is 1.45. The van der Waals surface area contributed by atoms with Crippen LogP contribution >= 0.6 is 0 Å². The second-order valence-corrected chi connectivity index (χ2v) is 6.01. The Morgan fingerprint density at radius 3 is 2.14 bits per heavy atom. The molecular formula is C21H18FN3O4. The first-order chi connectivity index (χ1) is 13.9. The Bertz CT molecular complexity index is 1090. The molecular weight excluding hydrogens is 377 g/mol. The van der Waals surface area contributed by atoms with Gasteiger partial charge in [0.2, 0.25) is 11.5 Å². The molecule has 0 bridgehead atoms. The Morgan fingerprint density at radius 1 is 1.07 bits per heavy atom. The maximum atomic E-state index is 13.2. The molecule has 29 heavy (non-hydrogen) atoms. The molecule has 0 spiro atoms. The van der Waals surface area contributed by atoms with Crippen molar-refractivity contribution in [1.82, 2.24) is 4.57 Å². The van der Waals surface area contributed by atoms with E-state index in [9.17, 15) is 14.4 Å². The fraction of sp³-hybridized carbons (Fsp3) is 0.143. The number of nitrogens with zero attached hydrogens (tertiary/aromatic N) is 2. The molecule has 3 aromatic rings. The Kier molecular flexibility index (Phi) is 5.41. The Morgan fingerprint density at radius 2 is 1.66 bits per heavy atom. The SMILES string of the molecule is COc1cc(-n2cc(C#N)c(N)c2C(=O)c2ccc(F)cc2)cc(OC)c1OC. The third kappa shape index (κ3) is 3.46. The van der Waals surface area contributed by atoms with E-state index in [2.05, 4.69) is 0 Å². The predicted molar refractivity (Wildman–Crippen MR) is 104 cm³/mol. The van der Waals surface area contributed by atoms with Gasteiger partial charge in [-0.25, -0.2) is 4.39 Å². The number of hydrogen-bond donors (Lipinski definition) is 1. The zero-order chi connectivity index (χ0) is 21.1. The second kappa shape index (κ2) is 7.94. The summed E-state index contributed by atoms with van der Waals surface area (Å²) in [5.74, 6) is 0.191. The van der Waals surface area contributed by atoms with Gasteiger partial charge in [-0.1, -0.05) is 0 Å². The first-order valence-corrected chi connectivity index (χ1v) is 8.46. The van der Waals surface area contributed by atoms with E-state index in [0.29, 0.717) is 22.9 Å². The number of carbonyl (C=O) groups excluding carboxylic acids is 1. The summed E-state index contributed by atoms with van der Waals surface area (Å²) in [4.78, 5) is 13.1. The predicted octanol–water partition coefficient (Wildman–Crippen LogP) is 3.33. The summed E-state index contributed by atoms with van der Waals surface area (Å²) in [5.41, 5.74) is 7.02. The molecule has 0 saturated carbocycles. The van der Waals surface area contributed by atoms with Crippen LogP contribution in [0.4, 0.5) is 10.1 Å². The lowest BCUT2D eigenvalue weighted by molar-refractivity contribution is 0.103. The van der Waals surface area contributed by atoms with Gasteiger partial charge in [0.15, 0.2) is 11.5 Å². The van der Waals surface area contributed by atoms with Gasteiger partial charge in [-0.3, -0.25) is 4.79 Å². The van der Waals surface area contributed by atoms with Crippen LogP contribution in [0.3, 0.4) is 0 Å². The first-order valence-electron chi connectivity index (χ1n) is 8.46. The number of halogens is 1. The van der Waals surface area contributed by atoms with Crippen LogP contribution in [0, 0.1) is 17.1 Å². The highest BCUT2D eigenvalue weighted by molar-refractivity contribution is 6.12. The number of nitrogen functional groups attached to an aromatic ring is 1. The molecule has 2 aromatic carbocycles. The van der Waals surface area contributed by atoms with E-state index in [1.807, 2.05) is 6.07 Å². The van der Waals surface area contributed by atoms with Crippen LogP contribution in [-0.2, 0) is 0 Å². The molecule has 0 fully saturated rings. The Labute approximate surface area is 166 Å². The van der Waals surface area contributed by atoms with E-state index in [0.717, 1.165) is 0 Å². The zero-order valence-corrected chi connectivity index (χ0v) is 16.0. The Hall–Kier alpha value is -3.99. The van der Waals surface area contributed by atoms with Gasteiger partial charge in [0.25, 0.3) is 0 Å². The van der Waals surface area contributed by atoms with Crippen LogP contribution in [-0.4, -0.2) is 31.7 Å². The highest BCUT2D eigenvalue weighted by atomic mass is 19.1. The average Bonchev–Trinajstić information content (AvgIpc) is 3.08. The molecule has 0 atom stereocenters. The lowest BCUT2D eigenvalue weighted by Gasteiger charge is -2.16. The van der Waals surface area contributed by atoms with E-state index in [1.54, 1.807) is 12.1 Å². The van der Waals surface area contributed by atoms with Gasteiger partial charge in [-0.15, -0.1) is 0 Å². The maximum Gasteiger partial charge on any atom is 0.211 e. The number of carbonyl (C=O) groups is 1. The van der Waals surface area contributed by atoms with Gasteiger partial charge in [0.1, 0.15) is 17.6 Å². The lowest BCUT2D eigenvalue weighted by Crippen LogP contribution is -2.11. The van der Waals surface area contributed by atoms with Gasteiger partial charge >= 0.3 is 0 Å². The van der Waals surface area contributed by atoms with Gasteiger partial charge in [0.05, 0.1) is 38.3 Å². The summed E-state index contributed by atoms with van der Waals surface area (Å²) >= 11 is 0. The number of methoxy groups -OCH3 is 3. The van der Waals surface area contributed by atoms with E-state index in [4.69, 9.17) is 19.9 Å². The largest absolute Gasteiger partial charge is 0.493 e. The highest BCUT2D eigenvalue weighted by Gasteiger charge is 2.24. The number of ketones is 1. The summed E-state index contributed by atoms with van der Waals surface area (Å²) in [6.45, 7) is 0. The first kappa shape index (κ1) is 19.8. The van der Waals surface area contributed by atoms with Crippen LogP contribution in [0.2, 0.25) is 0 Å². The number of aromatic nitrogens is 1. The third-order valence-electron chi connectivity index (χ3n) is 4.41. The van der Waals surface area contributed by atoms with Gasteiger partial charge in [0, 0.05) is 23.9 Å². The monoisotopic (exact) mass is 395 g/mol. The third-order valence-corrected chi connectivity index (χ3v) is 4.41. The van der Waals surface area contributed by atoms with Crippen molar-refractivity contribution in [3.8, 4) is 29.0 Å². The lowest BCUT2D eigenvalue weighted by atomic mass is 10.1. The molecule has 1 aromatic heterocycles.